The van der Waals surface area contributed by atoms with Crippen molar-refractivity contribution in [1.29, 1.82) is 0 Å². The Morgan fingerprint density at radius 3 is 1.19 bits per heavy atom. The second kappa shape index (κ2) is 7.50. The minimum atomic E-state index is 0.0304. The predicted molar refractivity (Wildman–Crippen MR) is 113 cm³/mol. The quantitative estimate of drug-likeness (QED) is 0.447. The number of rotatable bonds is 6. The van der Waals surface area contributed by atoms with E-state index in [0.717, 1.165) is 12.8 Å². The fraction of sp³-hybridized carbons (Fsp3) is 0.308. The molecule has 0 spiro atoms. The van der Waals surface area contributed by atoms with Crippen LogP contribution < -0.4 is 0 Å². The molecule has 0 aliphatic carbocycles. The Morgan fingerprint density at radius 1 is 0.500 bits per heavy atom. The summed E-state index contributed by atoms with van der Waals surface area (Å²) >= 11 is 0. The van der Waals surface area contributed by atoms with Crippen LogP contribution in [0.25, 0.3) is 0 Å². The summed E-state index contributed by atoms with van der Waals surface area (Å²) in [6.45, 7) is 9.31. The molecular weight excluding hydrogens is 312 g/mol. The molecule has 0 saturated carbocycles. The van der Waals surface area contributed by atoms with Gasteiger partial charge < -0.3 is 0 Å². The first-order valence-corrected chi connectivity index (χ1v) is 9.76. The summed E-state index contributed by atoms with van der Waals surface area (Å²) in [7, 11) is 0. The van der Waals surface area contributed by atoms with Gasteiger partial charge in [0.05, 0.1) is 0 Å². The van der Waals surface area contributed by atoms with E-state index in [4.69, 9.17) is 0 Å². The SMILES string of the molecule is CCC(C)(c1ccccc1)c1cccc(C(C)(CC)c2ccccc2)c1. The molecule has 0 aliphatic heterocycles. The first-order chi connectivity index (χ1) is 12.5. The lowest BCUT2D eigenvalue weighted by atomic mass is 9.70. The average Bonchev–Trinajstić information content (AvgIpc) is 2.74. The molecule has 0 bridgehead atoms. The average molecular weight is 343 g/mol. The molecule has 0 aliphatic rings. The molecule has 0 aromatic heterocycles. The Bertz CT molecular complexity index is 765. The van der Waals surface area contributed by atoms with E-state index in [0.29, 0.717) is 0 Å². The summed E-state index contributed by atoms with van der Waals surface area (Å²) in [6, 6.07) is 31.1. The Hall–Kier alpha value is -2.34. The van der Waals surface area contributed by atoms with Crippen molar-refractivity contribution < 1.29 is 0 Å². The van der Waals surface area contributed by atoms with Crippen molar-refractivity contribution in [1.82, 2.24) is 0 Å². The summed E-state index contributed by atoms with van der Waals surface area (Å²) in [6.07, 6.45) is 2.16. The summed E-state index contributed by atoms with van der Waals surface area (Å²) in [5.41, 5.74) is 5.64. The van der Waals surface area contributed by atoms with Crippen molar-refractivity contribution in [2.75, 3.05) is 0 Å². The van der Waals surface area contributed by atoms with E-state index in [1.165, 1.54) is 22.3 Å². The number of hydrogen-bond acceptors (Lipinski definition) is 0. The third-order valence-corrected chi connectivity index (χ3v) is 6.37. The van der Waals surface area contributed by atoms with Crippen molar-refractivity contribution in [3.63, 3.8) is 0 Å². The topological polar surface area (TPSA) is 0 Å². The zero-order chi connectivity index (χ0) is 18.6. The highest BCUT2D eigenvalue weighted by atomic mass is 14.3. The van der Waals surface area contributed by atoms with Crippen LogP contribution in [0, 0.1) is 0 Å². The standard InChI is InChI=1S/C26H30/c1-5-25(3,21-14-9-7-10-15-21)23-18-13-19-24(20-23)26(4,6-2)22-16-11-8-12-17-22/h7-20H,5-6H2,1-4H3. The van der Waals surface area contributed by atoms with Gasteiger partial charge in [-0.15, -0.1) is 0 Å². The molecule has 2 unspecified atom stereocenters. The van der Waals surface area contributed by atoms with E-state index in [1.807, 2.05) is 0 Å². The van der Waals surface area contributed by atoms with Gasteiger partial charge in [0.1, 0.15) is 0 Å². The second-order valence-corrected chi connectivity index (χ2v) is 7.68. The number of benzene rings is 3. The van der Waals surface area contributed by atoms with Gasteiger partial charge >= 0.3 is 0 Å². The zero-order valence-corrected chi connectivity index (χ0v) is 16.5. The highest BCUT2D eigenvalue weighted by Gasteiger charge is 2.31. The van der Waals surface area contributed by atoms with Gasteiger partial charge in [-0.05, 0) is 35.1 Å². The van der Waals surface area contributed by atoms with E-state index >= 15 is 0 Å². The maximum absolute atomic E-state index is 2.44. The Morgan fingerprint density at radius 2 is 0.846 bits per heavy atom. The second-order valence-electron chi connectivity index (χ2n) is 7.68. The van der Waals surface area contributed by atoms with Gasteiger partial charge in [0.15, 0.2) is 0 Å². The molecule has 0 N–H and O–H groups in total. The summed E-state index contributed by atoms with van der Waals surface area (Å²) in [5, 5.41) is 0. The largest absolute Gasteiger partial charge is 0.0642 e. The Kier molecular flexibility index (Phi) is 5.32. The van der Waals surface area contributed by atoms with Crippen LogP contribution in [0.1, 0.15) is 62.8 Å². The summed E-state index contributed by atoms with van der Waals surface area (Å²) in [5.74, 6) is 0. The fourth-order valence-electron chi connectivity index (χ4n) is 3.97. The van der Waals surface area contributed by atoms with Gasteiger partial charge in [-0.1, -0.05) is 113 Å². The van der Waals surface area contributed by atoms with Crippen molar-refractivity contribution in [3.05, 3.63) is 107 Å². The van der Waals surface area contributed by atoms with Crippen LogP contribution in [0.4, 0.5) is 0 Å². The van der Waals surface area contributed by atoms with Crippen LogP contribution in [0.5, 0.6) is 0 Å². The fourth-order valence-corrected chi connectivity index (χ4v) is 3.97. The molecule has 0 heterocycles. The van der Waals surface area contributed by atoms with Gasteiger partial charge in [0.25, 0.3) is 0 Å². The van der Waals surface area contributed by atoms with Crippen molar-refractivity contribution >= 4 is 0 Å². The van der Waals surface area contributed by atoms with Crippen molar-refractivity contribution in [2.45, 2.75) is 51.4 Å². The van der Waals surface area contributed by atoms with Crippen LogP contribution in [-0.2, 0) is 10.8 Å². The molecule has 0 nitrogen and oxygen atoms in total. The van der Waals surface area contributed by atoms with Gasteiger partial charge in [0.2, 0.25) is 0 Å². The molecular formula is C26H30. The lowest BCUT2D eigenvalue weighted by Crippen LogP contribution is -2.26. The predicted octanol–water partition coefficient (Wildman–Crippen LogP) is 7.12. The van der Waals surface area contributed by atoms with Gasteiger partial charge in [-0.25, -0.2) is 0 Å². The van der Waals surface area contributed by atoms with Gasteiger partial charge in [-0.2, -0.15) is 0 Å². The first kappa shape index (κ1) is 18.5. The lowest BCUT2D eigenvalue weighted by molar-refractivity contribution is 0.531. The van der Waals surface area contributed by atoms with Crippen LogP contribution >= 0.6 is 0 Å². The van der Waals surface area contributed by atoms with E-state index in [2.05, 4.69) is 113 Å². The first-order valence-electron chi connectivity index (χ1n) is 9.76. The molecule has 0 radical (unpaired) electrons. The van der Waals surface area contributed by atoms with E-state index < -0.39 is 0 Å². The number of hydrogen-bond donors (Lipinski definition) is 0. The van der Waals surface area contributed by atoms with Crippen molar-refractivity contribution in [3.8, 4) is 0 Å². The maximum Gasteiger partial charge on any atom is 0.0172 e. The normalized spacial score (nSPS) is 15.8. The highest BCUT2D eigenvalue weighted by molar-refractivity contribution is 5.45. The summed E-state index contributed by atoms with van der Waals surface area (Å²) < 4.78 is 0. The molecule has 3 rings (SSSR count). The molecule has 3 aromatic carbocycles. The lowest BCUT2D eigenvalue weighted by Gasteiger charge is -2.34. The Labute approximate surface area is 158 Å². The monoisotopic (exact) mass is 342 g/mol. The summed E-state index contributed by atoms with van der Waals surface area (Å²) in [4.78, 5) is 0. The van der Waals surface area contributed by atoms with Crippen LogP contribution in [0.2, 0.25) is 0 Å². The minimum Gasteiger partial charge on any atom is -0.0642 e. The molecule has 0 fully saturated rings. The third kappa shape index (κ3) is 3.21. The Balaban J connectivity index is 2.10. The molecule has 26 heavy (non-hydrogen) atoms. The highest BCUT2D eigenvalue weighted by Crippen LogP contribution is 2.40. The van der Waals surface area contributed by atoms with Crippen LogP contribution in [0.3, 0.4) is 0 Å². The van der Waals surface area contributed by atoms with E-state index in [-0.39, 0.29) is 10.8 Å². The maximum atomic E-state index is 2.44. The van der Waals surface area contributed by atoms with Crippen molar-refractivity contribution in [2.24, 2.45) is 0 Å². The van der Waals surface area contributed by atoms with Crippen LogP contribution in [-0.4, -0.2) is 0 Å². The molecule has 134 valence electrons. The third-order valence-electron chi connectivity index (χ3n) is 6.37. The van der Waals surface area contributed by atoms with Gasteiger partial charge in [0, 0.05) is 10.8 Å². The molecule has 0 amide bonds. The van der Waals surface area contributed by atoms with Crippen LogP contribution in [0.15, 0.2) is 84.9 Å². The zero-order valence-electron chi connectivity index (χ0n) is 16.5. The van der Waals surface area contributed by atoms with Gasteiger partial charge in [-0.3, -0.25) is 0 Å². The van der Waals surface area contributed by atoms with E-state index in [1.54, 1.807) is 0 Å². The molecule has 0 saturated heterocycles. The molecule has 0 heteroatoms. The smallest absolute Gasteiger partial charge is 0.0172 e. The van der Waals surface area contributed by atoms with E-state index in [9.17, 15) is 0 Å². The molecule has 3 aromatic rings. The minimum absolute atomic E-state index is 0.0304. The molecule has 2 atom stereocenters.